The van der Waals surface area contributed by atoms with Crippen molar-refractivity contribution >= 4 is 28.3 Å². The molecule has 2 atom stereocenters. The fourth-order valence-electron chi connectivity index (χ4n) is 4.04. The summed E-state index contributed by atoms with van der Waals surface area (Å²) in [5.74, 6) is 0.363. The minimum atomic E-state index is -1.41. The number of benzene rings is 1. The summed E-state index contributed by atoms with van der Waals surface area (Å²) in [5.41, 5.74) is 0.450. The van der Waals surface area contributed by atoms with E-state index in [1.807, 2.05) is 0 Å². The van der Waals surface area contributed by atoms with Crippen molar-refractivity contribution in [1.82, 2.24) is 14.5 Å². The van der Waals surface area contributed by atoms with E-state index in [9.17, 15) is 18.7 Å². The van der Waals surface area contributed by atoms with Crippen LogP contribution in [0.5, 0.6) is 0 Å². The van der Waals surface area contributed by atoms with Crippen LogP contribution in [0.15, 0.2) is 29.1 Å². The molecule has 1 unspecified atom stereocenters. The van der Waals surface area contributed by atoms with Crippen LogP contribution in [-0.4, -0.2) is 45.0 Å². The van der Waals surface area contributed by atoms with Gasteiger partial charge in [0.2, 0.25) is 0 Å². The van der Waals surface area contributed by atoms with Gasteiger partial charge >= 0.3 is 0 Å². The average molecular weight is 419 g/mol. The Morgan fingerprint density at radius 2 is 2.03 bits per heavy atom. The second-order valence-corrected chi connectivity index (χ2v) is 7.86. The Kier molecular flexibility index (Phi) is 4.29. The summed E-state index contributed by atoms with van der Waals surface area (Å²) in [5, 5.41) is 10.3. The zero-order chi connectivity index (χ0) is 20.3. The van der Waals surface area contributed by atoms with Crippen LogP contribution >= 0.6 is 11.6 Å². The molecule has 0 amide bonds. The summed E-state index contributed by atoms with van der Waals surface area (Å²) in [6.45, 7) is 0.568. The number of fused-ring (bicyclic) bond motifs is 2. The van der Waals surface area contributed by atoms with Crippen LogP contribution < -0.4 is 10.5 Å². The number of hydrogen-bond acceptors (Lipinski definition) is 5. The van der Waals surface area contributed by atoms with Gasteiger partial charge < -0.3 is 10.0 Å². The van der Waals surface area contributed by atoms with Gasteiger partial charge in [-0.3, -0.25) is 9.36 Å². The second-order valence-electron chi connectivity index (χ2n) is 7.43. The highest BCUT2D eigenvalue weighted by Crippen LogP contribution is 2.33. The summed E-state index contributed by atoms with van der Waals surface area (Å²) < 4.78 is 30.2. The number of aryl methyl sites for hydroxylation is 1. The Balaban J connectivity index is 1.79. The van der Waals surface area contributed by atoms with Crippen molar-refractivity contribution in [3.05, 3.63) is 51.3 Å². The number of hydrogen-bond donors (Lipinski definition) is 1. The van der Waals surface area contributed by atoms with Crippen molar-refractivity contribution < 1.29 is 13.9 Å². The minimum Gasteiger partial charge on any atom is -0.388 e. The summed E-state index contributed by atoms with van der Waals surface area (Å²) in [4.78, 5) is 23.8. The van der Waals surface area contributed by atoms with Crippen molar-refractivity contribution in [3.8, 4) is 11.3 Å². The molecule has 0 saturated carbocycles. The number of anilines is 1. The number of pyridine rings is 1. The predicted octanol–water partition coefficient (Wildman–Crippen LogP) is 2.72. The predicted molar refractivity (Wildman–Crippen MR) is 106 cm³/mol. The fraction of sp³-hybridized carbons (Fsp3) is 0.350. The Bertz CT molecular complexity index is 1190. The molecule has 1 saturated heterocycles. The number of β-amino-alcohol motifs (C(OH)–C–C–N with tert-alkyl or cyclic N) is 1. The summed E-state index contributed by atoms with van der Waals surface area (Å²) in [6, 6.07) is 5.76. The molecule has 2 aromatic heterocycles. The highest BCUT2D eigenvalue weighted by molar-refractivity contribution is 6.30. The molecule has 1 N–H and O–H groups in total. The van der Waals surface area contributed by atoms with Crippen LogP contribution in [0.4, 0.5) is 14.6 Å². The van der Waals surface area contributed by atoms with E-state index in [1.165, 1.54) is 18.2 Å². The largest absolute Gasteiger partial charge is 0.388 e. The highest BCUT2D eigenvalue weighted by Gasteiger charge is 2.33. The number of halogens is 3. The first-order valence-electron chi connectivity index (χ1n) is 9.39. The maximum atomic E-state index is 14.7. The topological polar surface area (TPSA) is 71.2 Å². The van der Waals surface area contributed by atoms with Gasteiger partial charge in [0.25, 0.3) is 5.56 Å². The molecular formula is C20H17ClF2N4O2. The van der Waals surface area contributed by atoms with Gasteiger partial charge in [-0.15, -0.1) is 0 Å². The first-order chi connectivity index (χ1) is 13.9. The van der Waals surface area contributed by atoms with Gasteiger partial charge in [0.05, 0.1) is 11.9 Å². The van der Waals surface area contributed by atoms with Gasteiger partial charge in [-0.05, 0) is 30.7 Å². The molecule has 29 heavy (non-hydrogen) atoms. The molecular weight excluding hydrogens is 402 g/mol. The van der Waals surface area contributed by atoms with Crippen LogP contribution in [0, 0.1) is 5.82 Å². The molecule has 2 aliphatic rings. The monoisotopic (exact) mass is 418 g/mol. The van der Waals surface area contributed by atoms with E-state index in [2.05, 4.69) is 9.97 Å². The van der Waals surface area contributed by atoms with Crippen molar-refractivity contribution in [3.63, 3.8) is 0 Å². The number of nitrogens with zero attached hydrogens (tertiary/aromatic N) is 4. The molecule has 1 fully saturated rings. The summed E-state index contributed by atoms with van der Waals surface area (Å²) >= 11 is 5.88. The lowest BCUT2D eigenvalue weighted by molar-refractivity contribution is 0.118. The number of rotatable bonds is 2. The molecule has 2 aliphatic heterocycles. The normalized spacial score (nSPS) is 21.2. The number of aliphatic hydroxyl groups is 1. The first-order valence-corrected chi connectivity index (χ1v) is 9.77. The Morgan fingerprint density at radius 1 is 1.21 bits per heavy atom. The molecule has 0 bridgehead atoms. The van der Waals surface area contributed by atoms with Gasteiger partial charge in [-0.25, -0.2) is 18.7 Å². The smallest absolute Gasteiger partial charge is 0.261 e. The Morgan fingerprint density at radius 3 is 2.76 bits per heavy atom. The summed E-state index contributed by atoms with van der Waals surface area (Å²) in [6.07, 6.45) is -1.08. The molecule has 0 radical (unpaired) electrons. The van der Waals surface area contributed by atoms with E-state index >= 15 is 0 Å². The van der Waals surface area contributed by atoms with Gasteiger partial charge in [-0.2, -0.15) is 0 Å². The molecule has 9 heteroatoms. The van der Waals surface area contributed by atoms with Crippen molar-refractivity contribution in [2.75, 3.05) is 18.0 Å². The molecule has 3 aromatic rings. The maximum absolute atomic E-state index is 14.7. The van der Waals surface area contributed by atoms with Gasteiger partial charge in [0.15, 0.2) is 0 Å². The lowest BCUT2D eigenvalue weighted by Crippen LogP contribution is -2.25. The standard InChI is InChI=1S/C20H17ClF2N4O2/c21-10-3-4-11(13(22)6-10)18-19-12(20(29)27-5-1-2-16(27)24-19)7-17(25-18)26-8-14(23)15(28)9-26/h3-4,6-7,14-15,28H,1-2,5,8-9H2/t14?,15-/m1/s1. The van der Waals surface area contributed by atoms with E-state index < -0.39 is 18.1 Å². The van der Waals surface area contributed by atoms with E-state index in [4.69, 9.17) is 11.6 Å². The fourth-order valence-corrected chi connectivity index (χ4v) is 4.19. The third kappa shape index (κ3) is 2.98. The van der Waals surface area contributed by atoms with Crippen molar-refractivity contribution in [1.29, 1.82) is 0 Å². The maximum Gasteiger partial charge on any atom is 0.261 e. The number of aromatic nitrogens is 3. The SMILES string of the molecule is O=c1c2cc(N3CC(F)[C@H](O)C3)nc(-c3ccc(Cl)cc3F)c2nc2n1CCC2. The zero-order valence-corrected chi connectivity index (χ0v) is 16.0. The lowest BCUT2D eigenvalue weighted by atomic mass is 10.1. The third-order valence-corrected chi connectivity index (χ3v) is 5.75. The number of alkyl halides is 1. The molecule has 150 valence electrons. The van der Waals surface area contributed by atoms with E-state index in [0.717, 1.165) is 6.42 Å². The molecule has 4 heterocycles. The minimum absolute atomic E-state index is 0.0436. The quantitative estimate of drug-likeness (QED) is 0.693. The Labute approximate surface area is 169 Å². The van der Waals surface area contributed by atoms with Crippen LogP contribution in [0.1, 0.15) is 12.2 Å². The highest BCUT2D eigenvalue weighted by atomic mass is 35.5. The van der Waals surface area contributed by atoms with E-state index in [1.54, 1.807) is 15.5 Å². The third-order valence-electron chi connectivity index (χ3n) is 5.52. The van der Waals surface area contributed by atoms with E-state index in [-0.39, 0.29) is 34.9 Å². The van der Waals surface area contributed by atoms with Crippen LogP contribution in [0.25, 0.3) is 22.2 Å². The van der Waals surface area contributed by atoms with Crippen LogP contribution in [0.3, 0.4) is 0 Å². The van der Waals surface area contributed by atoms with E-state index in [0.29, 0.717) is 35.5 Å². The average Bonchev–Trinajstić information content (AvgIpc) is 3.28. The summed E-state index contributed by atoms with van der Waals surface area (Å²) in [7, 11) is 0. The molecule has 0 spiro atoms. The van der Waals surface area contributed by atoms with Crippen molar-refractivity contribution in [2.24, 2.45) is 0 Å². The zero-order valence-electron chi connectivity index (χ0n) is 15.3. The lowest BCUT2D eigenvalue weighted by Gasteiger charge is -2.19. The van der Waals surface area contributed by atoms with Gasteiger partial charge in [-0.1, -0.05) is 11.6 Å². The Hall–Kier alpha value is -2.58. The van der Waals surface area contributed by atoms with Crippen LogP contribution in [0.2, 0.25) is 5.02 Å². The first kappa shape index (κ1) is 18.4. The number of aliphatic hydroxyl groups excluding tert-OH is 1. The molecule has 1 aromatic carbocycles. The van der Waals surface area contributed by atoms with Crippen LogP contribution in [-0.2, 0) is 13.0 Å². The molecule has 6 nitrogen and oxygen atoms in total. The van der Waals surface area contributed by atoms with Crippen molar-refractivity contribution in [2.45, 2.75) is 31.7 Å². The van der Waals surface area contributed by atoms with Gasteiger partial charge in [0, 0.05) is 30.1 Å². The van der Waals surface area contributed by atoms with Gasteiger partial charge in [0.1, 0.15) is 40.9 Å². The molecule has 5 rings (SSSR count). The molecule has 0 aliphatic carbocycles. The second kappa shape index (κ2) is 6.74.